The highest BCUT2D eigenvalue weighted by molar-refractivity contribution is 7.91. The third kappa shape index (κ3) is 3.25. The lowest BCUT2D eigenvalue weighted by atomic mass is 10.2. The molecule has 18 heavy (non-hydrogen) atoms. The lowest BCUT2D eigenvalue weighted by molar-refractivity contribution is 0.0932. The maximum absolute atomic E-state index is 12.8. The summed E-state index contributed by atoms with van der Waals surface area (Å²) in [6, 6.07) is 3.49. The van der Waals surface area contributed by atoms with Crippen LogP contribution in [-0.4, -0.2) is 36.9 Å². The van der Waals surface area contributed by atoms with Crippen LogP contribution in [0.3, 0.4) is 0 Å². The highest BCUT2D eigenvalue weighted by atomic mass is 32.2. The van der Waals surface area contributed by atoms with Gasteiger partial charge in [-0.25, -0.2) is 13.4 Å². The van der Waals surface area contributed by atoms with Crippen LogP contribution in [0.2, 0.25) is 0 Å². The molecule has 1 aromatic heterocycles. The Morgan fingerprint density at radius 1 is 1.44 bits per heavy atom. The molecule has 98 valence electrons. The van der Waals surface area contributed by atoms with Gasteiger partial charge in [-0.3, -0.25) is 4.79 Å². The second kappa shape index (κ2) is 5.01. The molecular formula is C11H13FN2O3S. The van der Waals surface area contributed by atoms with Gasteiger partial charge in [0.25, 0.3) is 5.91 Å². The Morgan fingerprint density at radius 3 is 2.89 bits per heavy atom. The smallest absolute Gasteiger partial charge is 0.270 e. The van der Waals surface area contributed by atoms with Crippen molar-refractivity contribution < 1.29 is 17.6 Å². The molecule has 1 atom stereocenters. The summed E-state index contributed by atoms with van der Waals surface area (Å²) in [5.74, 6) is -1.18. The number of hydrogen-bond donors (Lipinski definition) is 1. The molecule has 0 saturated carbocycles. The fourth-order valence-electron chi connectivity index (χ4n) is 1.93. The largest absolute Gasteiger partial charge is 0.347 e. The van der Waals surface area contributed by atoms with Gasteiger partial charge in [-0.15, -0.1) is 0 Å². The van der Waals surface area contributed by atoms with E-state index in [1.807, 2.05) is 0 Å². The number of halogens is 1. The highest BCUT2D eigenvalue weighted by Gasteiger charge is 2.26. The third-order valence-electron chi connectivity index (χ3n) is 2.75. The number of pyridine rings is 1. The zero-order valence-electron chi connectivity index (χ0n) is 9.60. The van der Waals surface area contributed by atoms with E-state index < -0.39 is 27.7 Å². The van der Waals surface area contributed by atoms with E-state index in [2.05, 4.69) is 10.3 Å². The van der Waals surface area contributed by atoms with Gasteiger partial charge in [-0.2, -0.15) is 4.39 Å². The molecule has 1 aromatic rings. The van der Waals surface area contributed by atoms with Crippen molar-refractivity contribution >= 4 is 15.7 Å². The summed E-state index contributed by atoms with van der Waals surface area (Å²) in [5, 5.41) is 2.57. The Bertz CT molecular complexity index is 559. The first-order chi connectivity index (χ1) is 8.46. The van der Waals surface area contributed by atoms with E-state index in [4.69, 9.17) is 0 Å². The minimum atomic E-state index is -3.08. The summed E-state index contributed by atoms with van der Waals surface area (Å²) in [5.41, 5.74) is -0.0435. The molecule has 1 amide bonds. The molecule has 1 unspecified atom stereocenters. The van der Waals surface area contributed by atoms with Gasteiger partial charge in [-0.05, 0) is 25.0 Å². The predicted molar refractivity (Wildman–Crippen MR) is 63.3 cm³/mol. The van der Waals surface area contributed by atoms with Crippen LogP contribution in [-0.2, 0) is 9.84 Å². The van der Waals surface area contributed by atoms with Crippen molar-refractivity contribution in [3.05, 3.63) is 29.8 Å². The van der Waals surface area contributed by atoms with E-state index in [-0.39, 0.29) is 17.2 Å². The van der Waals surface area contributed by atoms with Crippen molar-refractivity contribution in [2.24, 2.45) is 0 Å². The zero-order chi connectivity index (χ0) is 13.2. The van der Waals surface area contributed by atoms with Crippen LogP contribution in [0.1, 0.15) is 23.3 Å². The fourth-order valence-corrected chi connectivity index (χ4v) is 3.57. The molecule has 7 heteroatoms. The third-order valence-corrected chi connectivity index (χ3v) is 4.57. The molecule has 2 heterocycles. The molecule has 0 aromatic carbocycles. The summed E-state index contributed by atoms with van der Waals surface area (Å²) >= 11 is 0. The molecule has 2 rings (SSSR count). The van der Waals surface area contributed by atoms with Gasteiger partial charge in [0.1, 0.15) is 5.69 Å². The average Bonchev–Trinajstić information content (AvgIpc) is 2.27. The van der Waals surface area contributed by atoms with E-state index in [1.165, 1.54) is 12.1 Å². The SMILES string of the molecule is O=C(NC1CCCS(=O)(=O)C1)c1cccc(F)n1. The summed E-state index contributed by atoms with van der Waals surface area (Å²) in [7, 11) is -3.08. The molecule has 0 bridgehead atoms. The van der Waals surface area contributed by atoms with Gasteiger partial charge >= 0.3 is 0 Å². The van der Waals surface area contributed by atoms with Crippen LogP contribution in [0.15, 0.2) is 18.2 Å². The lowest BCUT2D eigenvalue weighted by Gasteiger charge is -2.22. The molecule has 0 radical (unpaired) electrons. The molecule has 1 aliphatic heterocycles. The van der Waals surface area contributed by atoms with Crippen molar-refractivity contribution in [1.82, 2.24) is 10.3 Å². The second-order valence-corrected chi connectivity index (χ2v) is 6.50. The number of nitrogens with zero attached hydrogens (tertiary/aromatic N) is 1. The lowest BCUT2D eigenvalue weighted by Crippen LogP contribution is -2.43. The first-order valence-corrected chi connectivity index (χ1v) is 7.42. The van der Waals surface area contributed by atoms with Crippen LogP contribution in [0, 0.1) is 5.95 Å². The van der Waals surface area contributed by atoms with Crippen molar-refractivity contribution in [3.8, 4) is 0 Å². The maximum Gasteiger partial charge on any atom is 0.270 e. The van der Waals surface area contributed by atoms with Gasteiger partial charge in [-0.1, -0.05) is 6.07 Å². The number of aromatic nitrogens is 1. The van der Waals surface area contributed by atoms with Crippen molar-refractivity contribution in [3.63, 3.8) is 0 Å². The highest BCUT2D eigenvalue weighted by Crippen LogP contribution is 2.12. The van der Waals surface area contributed by atoms with E-state index in [0.717, 1.165) is 6.07 Å². The van der Waals surface area contributed by atoms with Gasteiger partial charge in [0, 0.05) is 6.04 Å². The van der Waals surface area contributed by atoms with Crippen LogP contribution < -0.4 is 5.32 Å². The Balaban J connectivity index is 2.03. The number of amides is 1. The second-order valence-electron chi connectivity index (χ2n) is 4.27. The van der Waals surface area contributed by atoms with Crippen molar-refractivity contribution in [2.45, 2.75) is 18.9 Å². The Hall–Kier alpha value is -1.50. The minimum absolute atomic E-state index is 0.0435. The van der Waals surface area contributed by atoms with Crippen LogP contribution in [0.5, 0.6) is 0 Å². The maximum atomic E-state index is 12.8. The molecule has 5 nitrogen and oxygen atoms in total. The Kier molecular flexibility index (Phi) is 3.60. The number of nitrogens with one attached hydrogen (secondary N) is 1. The number of sulfone groups is 1. The Morgan fingerprint density at radius 2 is 2.22 bits per heavy atom. The van der Waals surface area contributed by atoms with Crippen LogP contribution in [0.4, 0.5) is 4.39 Å². The van der Waals surface area contributed by atoms with Gasteiger partial charge in [0.15, 0.2) is 9.84 Å². The molecule has 0 aliphatic carbocycles. The summed E-state index contributed by atoms with van der Waals surface area (Å²) in [6.45, 7) is 0. The first-order valence-electron chi connectivity index (χ1n) is 5.60. The minimum Gasteiger partial charge on any atom is -0.347 e. The van der Waals surface area contributed by atoms with Crippen LogP contribution >= 0.6 is 0 Å². The van der Waals surface area contributed by atoms with Gasteiger partial charge in [0.05, 0.1) is 11.5 Å². The molecule has 1 saturated heterocycles. The van der Waals surface area contributed by atoms with Crippen molar-refractivity contribution in [2.75, 3.05) is 11.5 Å². The van der Waals surface area contributed by atoms with Gasteiger partial charge in [0.2, 0.25) is 5.95 Å². The number of rotatable bonds is 2. The summed E-state index contributed by atoms with van der Waals surface area (Å²) in [6.07, 6.45) is 1.14. The molecular weight excluding hydrogens is 259 g/mol. The first kappa shape index (κ1) is 12.9. The average molecular weight is 272 g/mol. The molecule has 1 aliphatic rings. The predicted octanol–water partition coefficient (Wildman–Crippen LogP) is 0.528. The summed E-state index contributed by atoms with van der Waals surface area (Å²) < 4.78 is 35.7. The zero-order valence-corrected chi connectivity index (χ0v) is 10.4. The van der Waals surface area contributed by atoms with E-state index >= 15 is 0 Å². The van der Waals surface area contributed by atoms with E-state index in [9.17, 15) is 17.6 Å². The topological polar surface area (TPSA) is 76.1 Å². The number of carbonyl (C=O) groups is 1. The molecule has 1 fully saturated rings. The normalized spacial score (nSPS) is 22.4. The molecule has 1 N–H and O–H groups in total. The molecule has 0 spiro atoms. The fraction of sp³-hybridized carbons (Fsp3) is 0.455. The monoisotopic (exact) mass is 272 g/mol. The standard InChI is InChI=1S/C11H13FN2O3S/c12-10-5-1-4-9(14-10)11(15)13-8-3-2-6-18(16,17)7-8/h1,4-5,8H,2-3,6-7H2,(H,13,15). The number of carbonyl (C=O) groups excluding carboxylic acids is 1. The van der Waals surface area contributed by atoms with E-state index in [1.54, 1.807) is 0 Å². The van der Waals surface area contributed by atoms with Crippen LogP contribution in [0.25, 0.3) is 0 Å². The Labute approximate surface area is 104 Å². The van der Waals surface area contributed by atoms with Crippen molar-refractivity contribution in [1.29, 1.82) is 0 Å². The quantitative estimate of drug-likeness (QED) is 0.797. The number of hydrogen-bond acceptors (Lipinski definition) is 4. The van der Waals surface area contributed by atoms with Gasteiger partial charge < -0.3 is 5.32 Å². The van der Waals surface area contributed by atoms with E-state index in [0.29, 0.717) is 12.8 Å². The summed E-state index contributed by atoms with van der Waals surface area (Å²) in [4.78, 5) is 15.2.